The maximum Gasteiger partial charge on any atom is 0.416 e. The lowest BCUT2D eigenvalue weighted by Gasteiger charge is -2.10. The molecule has 0 spiro atoms. The zero-order valence-corrected chi connectivity index (χ0v) is 12.3. The van der Waals surface area contributed by atoms with Crippen LogP contribution >= 0.6 is 38.5 Å². The molecule has 2 rings (SSSR count). The predicted molar refractivity (Wildman–Crippen MR) is 71.9 cm³/mol. The molecule has 0 unspecified atom stereocenters. The van der Waals surface area contributed by atoms with Gasteiger partial charge in [0, 0.05) is 13.4 Å². The van der Waals surface area contributed by atoms with E-state index in [0.29, 0.717) is 16.6 Å². The largest absolute Gasteiger partial charge is 0.416 e. The fourth-order valence-electron chi connectivity index (χ4n) is 1.49. The molecule has 90 valence electrons. The van der Waals surface area contributed by atoms with Crippen LogP contribution in [-0.4, -0.2) is 4.98 Å². The highest BCUT2D eigenvalue weighted by Gasteiger charge is 2.30. The van der Waals surface area contributed by atoms with E-state index in [-0.39, 0.29) is 0 Å². The Bertz CT molecular complexity index is 595. The van der Waals surface area contributed by atoms with Gasteiger partial charge in [-0.3, -0.25) is 4.98 Å². The first-order chi connectivity index (χ1) is 7.80. The highest BCUT2D eigenvalue weighted by Crippen LogP contribution is 2.34. The van der Waals surface area contributed by atoms with E-state index in [0.717, 1.165) is 20.2 Å². The molecule has 0 aliphatic heterocycles. The molecular weight excluding hydrogens is 410 g/mol. The number of aromatic nitrogens is 1. The van der Waals surface area contributed by atoms with Crippen molar-refractivity contribution in [3.8, 4) is 0 Å². The third-order valence-electron chi connectivity index (χ3n) is 2.36. The zero-order valence-electron chi connectivity index (χ0n) is 8.57. The second-order valence-electron chi connectivity index (χ2n) is 3.55. The van der Waals surface area contributed by atoms with Gasteiger partial charge in [0.15, 0.2) is 0 Å². The Morgan fingerprint density at radius 3 is 2.53 bits per heavy atom. The monoisotopic (exact) mass is 415 g/mol. The molecule has 0 radical (unpaired) electrons. The number of nitrogens with zero attached hydrogens (tertiary/aromatic N) is 1. The summed E-state index contributed by atoms with van der Waals surface area (Å²) in [6.45, 7) is 1.77. The molecular formula is C11H6BrF3IN. The van der Waals surface area contributed by atoms with Gasteiger partial charge < -0.3 is 0 Å². The normalized spacial score (nSPS) is 12.1. The minimum absolute atomic E-state index is 0.351. The molecule has 0 fully saturated rings. The van der Waals surface area contributed by atoms with E-state index in [1.54, 1.807) is 6.92 Å². The van der Waals surface area contributed by atoms with Crippen molar-refractivity contribution < 1.29 is 13.2 Å². The van der Waals surface area contributed by atoms with E-state index >= 15 is 0 Å². The van der Waals surface area contributed by atoms with Crippen LogP contribution in [0, 0.1) is 10.5 Å². The molecule has 1 heterocycles. The first kappa shape index (κ1) is 13.1. The number of pyridine rings is 1. The quantitative estimate of drug-likeness (QED) is 0.556. The topological polar surface area (TPSA) is 12.9 Å². The Kier molecular flexibility index (Phi) is 3.37. The molecule has 6 heteroatoms. The molecule has 0 N–H and O–H groups in total. The van der Waals surface area contributed by atoms with Gasteiger partial charge in [-0.05, 0) is 57.6 Å². The lowest BCUT2D eigenvalue weighted by molar-refractivity contribution is -0.137. The molecule has 0 bridgehead atoms. The van der Waals surface area contributed by atoms with Crippen LogP contribution in [0.3, 0.4) is 0 Å². The molecule has 0 saturated heterocycles. The van der Waals surface area contributed by atoms with Crippen LogP contribution in [0.5, 0.6) is 0 Å². The van der Waals surface area contributed by atoms with Gasteiger partial charge in [0.05, 0.1) is 16.8 Å². The van der Waals surface area contributed by atoms with E-state index in [4.69, 9.17) is 0 Å². The molecule has 2 aromatic rings. The fourth-order valence-corrected chi connectivity index (χ4v) is 2.53. The van der Waals surface area contributed by atoms with Gasteiger partial charge >= 0.3 is 6.18 Å². The van der Waals surface area contributed by atoms with E-state index in [1.165, 1.54) is 6.07 Å². The second kappa shape index (κ2) is 4.38. The van der Waals surface area contributed by atoms with Crippen molar-refractivity contribution in [1.29, 1.82) is 0 Å². The van der Waals surface area contributed by atoms with Crippen molar-refractivity contribution in [1.82, 2.24) is 4.98 Å². The van der Waals surface area contributed by atoms with E-state index in [2.05, 4.69) is 43.5 Å². The van der Waals surface area contributed by atoms with Crippen molar-refractivity contribution in [2.45, 2.75) is 13.1 Å². The van der Waals surface area contributed by atoms with Crippen LogP contribution in [0.15, 0.2) is 22.7 Å². The van der Waals surface area contributed by atoms with Crippen molar-refractivity contribution in [3.05, 3.63) is 37.5 Å². The Morgan fingerprint density at radius 2 is 1.94 bits per heavy atom. The Labute approximate surface area is 118 Å². The second-order valence-corrected chi connectivity index (χ2v) is 5.43. The molecule has 0 atom stereocenters. The summed E-state index contributed by atoms with van der Waals surface area (Å²) < 4.78 is 39.4. The van der Waals surface area contributed by atoms with Gasteiger partial charge in [-0.1, -0.05) is 6.07 Å². The number of hydrogen-bond acceptors (Lipinski definition) is 1. The first-order valence-corrected chi connectivity index (χ1v) is 6.50. The van der Waals surface area contributed by atoms with Gasteiger partial charge in [-0.25, -0.2) is 0 Å². The third kappa shape index (κ3) is 2.42. The van der Waals surface area contributed by atoms with Crippen LogP contribution in [-0.2, 0) is 6.18 Å². The summed E-state index contributed by atoms with van der Waals surface area (Å²) >= 11 is 5.49. The van der Waals surface area contributed by atoms with Crippen LogP contribution in [0.2, 0.25) is 0 Å². The Balaban J connectivity index is 2.76. The van der Waals surface area contributed by atoms with Crippen LogP contribution in [0.25, 0.3) is 10.9 Å². The minimum atomic E-state index is -4.33. The van der Waals surface area contributed by atoms with E-state index in [1.807, 2.05) is 0 Å². The molecule has 1 aromatic carbocycles. The van der Waals surface area contributed by atoms with Gasteiger partial charge in [0.1, 0.15) is 0 Å². The molecule has 17 heavy (non-hydrogen) atoms. The van der Waals surface area contributed by atoms with Gasteiger partial charge in [0.25, 0.3) is 0 Å². The van der Waals surface area contributed by atoms with Crippen LogP contribution in [0.1, 0.15) is 11.3 Å². The summed E-state index contributed by atoms with van der Waals surface area (Å²) in [6, 6.07) is 3.58. The number of hydrogen-bond donors (Lipinski definition) is 0. The Hall–Kier alpha value is -0.370. The fraction of sp³-hybridized carbons (Fsp3) is 0.182. The molecule has 0 aliphatic carbocycles. The number of alkyl halides is 3. The van der Waals surface area contributed by atoms with Crippen molar-refractivity contribution >= 4 is 49.4 Å². The molecule has 1 aromatic heterocycles. The lowest BCUT2D eigenvalue weighted by Crippen LogP contribution is -2.05. The molecule has 0 saturated carbocycles. The average Bonchev–Trinajstić information content (AvgIpc) is 2.24. The maximum atomic E-state index is 12.6. The summed E-state index contributed by atoms with van der Waals surface area (Å²) in [5.41, 5.74) is 0.388. The standard InChI is InChI=1S/C11H6BrF3IN/c1-5-10(16)9(12)7-3-2-6(11(13,14)15)4-8(7)17-5/h2-4H,1H3. The first-order valence-electron chi connectivity index (χ1n) is 4.63. The van der Waals surface area contributed by atoms with Crippen LogP contribution < -0.4 is 0 Å². The highest BCUT2D eigenvalue weighted by atomic mass is 127. The number of halogens is 5. The summed E-state index contributed by atoms with van der Waals surface area (Å²) in [6.07, 6.45) is -4.33. The lowest BCUT2D eigenvalue weighted by atomic mass is 10.1. The number of fused-ring (bicyclic) bond motifs is 1. The summed E-state index contributed by atoms with van der Waals surface area (Å²) in [7, 11) is 0. The molecule has 1 nitrogen and oxygen atoms in total. The number of rotatable bonds is 0. The van der Waals surface area contributed by atoms with Crippen LogP contribution in [0.4, 0.5) is 13.2 Å². The zero-order chi connectivity index (χ0) is 12.8. The van der Waals surface area contributed by atoms with Crippen molar-refractivity contribution in [2.24, 2.45) is 0 Å². The smallest absolute Gasteiger partial charge is 0.252 e. The van der Waals surface area contributed by atoms with Gasteiger partial charge in [-0.15, -0.1) is 0 Å². The van der Waals surface area contributed by atoms with Gasteiger partial charge in [-0.2, -0.15) is 13.2 Å². The molecule has 0 amide bonds. The predicted octanol–water partition coefficient (Wildman–Crippen LogP) is 4.93. The SMILES string of the molecule is Cc1nc2cc(C(F)(F)F)ccc2c(Br)c1I. The summed E-state index contributed by atoms with van der Waals surface area (Å²) in [5.74, 6) is 0. The van der Waals surface area contributed by atoms with E-state index < -0.39 is 11.7 Å². The van der Waals surface area contributed by atoms with E-state index in [9.17, 15) is 13.2 Å². The highest BCUT2D eigenvalue weighted by molar-refractivity contribution is 14.1. The number of aryl methyl sites for hydroxylation is 1. The summed E-state index contributed by atoms with van der Waals surface area (Å²) in [4.78, 5) is 4.17. The minimum Gasteiger partial charge on any atom is -0.252 e. The maximum absolute atomic E-state index is 12.6. The number of benzene rings is 1. The average molecular weight is 416 g/mol. The summed E-state index contributed by atoms with van der Waals surface area (Å²) in [5, 5.41) is 0.688. The molecule has 0 aliphatic rings. The third-order valence-corrected chi connectivity index (χ3v) is 5.24. The van der Waals surface area contributed by atoms with Crippen molar-refractivity contribution in [3.63, 3.8) is 0 Å². The van der Waals surface area contributed by atoms with Gasteiger partial charge in [0.2, 0.25) is 0 Å². The Morgan fingerprint density at radius 1 is 1.29 bits per heavy atom. The van der Waals surface area contributed by atoms with Crippen molar-refractivity contribution in [2.75, 3.05) is 0 Å².